The molecule has 1 aromatic rings. The van der Waals surface area contributed by atoms with Crippen LogP contribution in [-0.4, -0.2) is 16.2 Å². The zero-order valence-electron chi connectivity index (χ0n) is 7.29. The Kier molecular flexibility index (Phi) is 3.53. The number of aryl methyl sites for hydroxylation is 1. The van der Waals surface area contributed by atoms with Crippen molar-refractivity contribution in [3.05, 3.63) is 32.8 Å². The number of benzene rings is 1. The predicted octanol–water partition coefficient (Wildman–Crippen LogP) is 2.53. The van der Waals surface area contributed by atoms with Crippen molar-refractivity contribution >= 4 is 33.5 Å². The van der Waals surface area contributed by atoms with E-state index in [-0.39, 0.29) is 5.56 Å². The second kappa shape index (κ2) is 4.29. The monoisotopic (exact) mass is 278 g/mol. The molecule has 0 fully saturated rings. The van der Waals surface area contributed by atoms with Crippen LogP contribution in [0.4, 0.5) is 0 Å². The summed E-state index contributed by atoms with van der Waals surface area (Å²) >= 11 is 8.98. The maximum Gasteiger partial charge on any atom is 0.337 e. The second-order valence-corrected chi connectivity index (χ2v) is 4.13. The molecule has 0 aliphatic carbocycles. The molecular weight excluding hydrogens is 271 g/mol. The van der Waals surface area contributed by atoms with Crippen LogP contribution >= 0.6 is 27.5 Å². The molecule has 0 bridgehead atoms. The molecule has 0 aromatic heterocycles. The summed E-state index contributed by atoms with van der Waals surface area (Å²) < 4.78 is 0.536. The highest BCUT2D eigenvalue weighted by atomic mass is 79.9. The molecule has 2 N–H and O–H groups in total. The largest absolute Gasteiger partial charge is 0.479 e. The summed E-state index contributed by atoms with van der Waals surface area (Å²) in [4.78, 5) is 10.5. The minimum atomic E-state index is -1.55. The lowest BCUT2D eigenvalue weighted by Gasteiger charge is -2.10. The number of halogens is 2. The van der Waals surface area contributed by atoms with Crippen molar-refractivity contribution in [1.29, 1.82) is 0 Å². The Labute approximate surface area is 94.4 Å². The molecule has 0 radical (unpaired) electrons. The average molecular weight is 280 g/mol. The SMILES string of the molecule is Cc1cc(Br)c(C(O)C(=O)O)cc1Cl. The Morgan fingerprint density at radius 1 is 1.57 bits per heavy atom. The number of aliphatic carboxylic acids is 1. The van der Waals surface area contributed by atoms with Crippen LogP contribution in [0.25, 0.3) is 0 Å². The minimum absolute atomic E-state index is 0.258. The Morgan fingerprint density at radius 2 is 2.14 bits per heavy atom. The van der Waals surface area contributed by atoms with Crippen LogP contribution in [0.2, 0.25) is 5.02 Å². The van der Waals surface area contributed by atoms with Crippen LogP contribution < -0.4 is 0 Å². The van der Waals surface area contributed by atoms with E-state index in [0.717, 1.165) is 5.56 Å². The molecule has 0 heterocycles. The fourth-order valence-electron chi connectivity index (χ4n) is 1.00. The lowest BCUT2D eigenvalue weighted by Crippen LogP contribution is -2.11. The molecule has 1 aromatic carbocycles. The van der Waals surface area contributed by atoms with Crippen LogP contribution in [0.15, 0.2) is 16.6 Å². The highest BCUT2D eigenvalue weighted by Gasteiger charge is 2.19. The van der Waals surface area contributed by atoms with E-state index in [1.165, 1.54) is 6.07 Å². The van der Waals surface area contributed by atoms with Crippen molar-refractivity contribution in [2.24, 2.45) is 0 Å². The van der Waals surface area contributed by atoms with Gasteiger partial charge in [-0.15, -0.1) is 0 Å². The first-order valence-electron chi connectivity index (χ1n) is 3.80. The summed E-state index contributed by atoms with van der Waals surface area (Å²) in [5, 5.41) is 18.3. The maximum atomic E-state index is 10.5. The molecule has 1 atom stereocenters. The van der Waals surface area contributed by atoms with Gasteiger partial charge in [0, 0.05) is 15.1 Å². The molecule has 0 saturated carbocycles. The van der Waals surface area contributed by atoms with E-state index in [1.54, 1.807) is 13.0 Å². The summed E-state index contributed by atoms with van der Waals surface area (Å²) in [6.45, 7) is 1.80. The third-order valence-electron chi connectivity index (χ3n) is 1.81. The van der Waals surface area contributed by atoms with E-state index in [9.17, 15) is 9.90 Å². The first-order chi connectivity index (χ1) is 6.43. The summed E-state index contributed by atoms with van der Waals surface area (Å²) in [6, 6.07) is 3.11. The minimum Gasteiger partial charge on any atom is -0.479 e. The Bertz CT molecular complexity index is 379. The Balaban J connectivity index is 3.22. The topological polar surface area (TPSA) is 57.5 Å². The molecular formula is C9H8BrClO3. The van der Waals surface area contributed by atoms with Gasteiger partial charge in [0.25, 0.3) is 0 Å². The number of carbonyl (C=O) groups is 1. The molecule has 14 heavy (non-hydrogen) atoms. The smallest absolute Gasteiger partial charge is 0.337 e. The van der Waals surface area contributed by atoms with E-state index in [1.807, 2.05) is 0 Å². The first kappa shape index (κ1) is 11.5. The second-order valence-electron chi connectivity index (χ2n) is 2.86. The lowest BCUT2D eigenvalue weighted by atomic mass is 10.1. The van der Waals surface area contributed by atoms with E-state index in [2.05, 4.69) is 15.9 Å². The fraction of sp³-hybridized carbons (Fsp3) is 0.222. The lowest BCUT2D eigenvalue weighted by molar-refractivity contribution is -0.147. The van der Waals surface area contributed by atoms with Gasteiger partial charge in [-0.25, -0.2) is 4.79 Å². The van der Waals surface area contributed by atoms with Gasteiger partial charge in [-0.2, -0.15) is 0 Å². The van der Waals surface area contributed by atoms with Crippen molar-refractivity contribution < 1.29 is 15.0 Å². The summed E-state index contributed by atoms with van der Waals surface area (Å²) in [5.74, 6) is -1.30. The fourth-order valence-corrected chi connectivity index (χ4v) is 1.85. The van der Waals surface area contributed by atoms with Gasteiger partial charge >= 0.3 is 5.97 Å². The highest BCUT2D eigenvalue weighted by molar-refractivity contribution is 9.10. The van der Waals surface area contributed by atoms with Gasteiger partial charge in [-0.1, -0.05) is 27.5 Å². The van der Waals surface area contributed by atoms with Gasteiger partial charge in [0.05, 0.1) is 0 Å². The summed E-state index contributed by atoms with van der Waals surface area (Å²) in [5.41, 5.74) is 1.08. The van der Waals surface area contributed by atoms with Crippen LogP contribution in [0.1, 0.15) is 17.2 Å². The summed E-state index contributed by atoms with van der Waals surface area (Å²) in [6.07, 6.45) is -1.55. The third-order valence-corrected chi connectivity index (χ3v) is 2.90. The first-order valence-corrected chi connectivity index (χ1v) is 4.97. The van der Waals surface area contributed by atoms with E-state index < -0.39 is 12.1 Å². The molecule has 0 aliphatic heterocycles. The van der Waals surface area contributed by atoms with Crippen molar-refractivity contribution in [2.45, 2.75) is 13.0 Å². The van der Waals surface area contributed by atoms with Gasteiger partial charge in [-0.05, 0) is 24.6 Å². The summed E-state index contributed by atoms with van der Waals surface area (Å²) in [7, 11) is 0. The molecule has 0 amide bonds. The van der Waals surface area contributed by atoms with Gasteiger partial charge < -0.3 is 10.2 Å². The number of aliphatic hydroxyl groups is 1. The van der Waals surface area contributed by atoms with Crippen molar-refractivity contribution in [3.8, 4) is 0 Å². The van der Waals surface area contributed by atoms with E-state index in [4.69, 9.17) is 16.7 Å². The molecule has 1 rings (SSSR count). The van der Waals surface area contributed by atoms with E-state index >= 15 is 0 Å². The number of carboxylic acids is 1. The Morgan fingerprint density at radius 3 is 2.64 bits per heavy atom. The molecule has 3 nitrogen and oxygen atoms in total. The maximum absolute atomic E-state index is 10.5. The third kappa shape index (κ3) is 2.26. The molecule has 1 unspecified atom stereocenters. The molecule has 76 valence electrons. The van der Waals surface area contributed by atoms with Gasteiger partial charge in [-0.3, -0.25) is 0 Å². The van der Waals surface area contributed by atoms with E-state index in [0.29, 0.717) is 9.50 Å². The van der Waals surface area contributed by atoms with Crippen LogP contribution in [0.5, 0.6) is 0 Å². The normalized spacial score (nSPS) is 12.6. The van der Waals surface area contributed by atoms with Crippen molar-refractivity contribution in [1.82, 2.24) is 0 Å². The number of hydrogen-bond donors (Lipinski definition) is 2. The standard InChI is InChI=1S/C9H8BrClO3/c1-4-2-6(10)5(3-7(4)11)8(12)9(13)14/h2-3,8,12H,1H3,(H,13,14). The highest BCUT2D eigenvalue weighted by Crippen LogP contribution is 2.29. The number of rotatable bonds is 2. The molecule has 0 aliphatic rings. The quantitative estimate of drug-likeness (QED) is 0.874. The number of hydrogen-bond acceptors (Lipinski definition) is 2. The molecule has 0 saturated heterocycles. The predicted molar refractivity (Wildman–Crippen MR) is 56.5 cm³/mol. The number of aliphatic hydroxyl groups excluding tert-OH is 1. The molecule has 5 heteroatoms. The van der Waals surface area contributed by atoms with Crippen LogP contribution in [0.3, 0.4) is 0 Å². The zero-order chi connectivity index (χ0) is 10.9. The van der Waals surface area contributed by atoms with Crippen LogP contribution in [-0.2, 0) is 4.79 Å². The number of carboxylic acid groups (broad SMARTS) is 1. The molecule has 0 spiro atoms. The van der Waals surface area contributed by atoms with Crippen molar-refractivity contribution in [3.63, 3.8) is 0 Å². The Hall–Kier alpha value is -0.580. The zero-order valence-corrected chi connectivity index (χ0v) is 9.63. The van der Waals surface area contributed by atoms with Gasteiger partial charge in [0.2, 0.25) is 0 Å². The van der Waals surface area contributed by atoms with Crippen molar-refractivity contribution in [2.75, 3.05) is 0 Å². The van der Waals surface area contributed by atoms with Gasteiger partial charge in [0.1, 0.15) is 0 Å². The van der Waals surface area contributed by atoms with Gasteiger partial charge in [0.15, 0.2) is 6.10 Å². The average Bonchev–Trinajstić information content (AvgIpc) is 2.10. The van der Waals surface area contributed by atoms with Crippen LogP contribution in [0, 0.1) is 6.92 Å².